The second-order valence-corrected chi connectivity index (χ2v) is 5.71. The largest absolute Gasteiger partial charge is 0.364 e. The van der Waals surface area contributed by atoms with Crippen LogP contribution in [0.2, 0.25) is 0 Å². The molecule has 0 atom stereocenters. The van der Waals surface area contributed by atoms with Crippen LogP contribution in [-0.4, -0.2) is 9.78 Å². The molecule has 2 aromatic rings. The number of hydrogen-bond acceptors (Lipinski definition) is 3. The first-order valence-electron chi connectivity index (χ1n) is 5.96. The van der Waals surface area contributed by atoms with Crippen LogP contribution >= 0.6 is 23.7 Å². The molecule has 1 N–H and O–H groups in total. The average Bonchev–Trinajstić information content (AvgIpc) is 2.86. The summed E-state index contributed by atoms with van der Waals surface area (Å²) in [4.78, 5) is 1.33. The van der Waals surface area contributed by atoms with Gasteiger partial charge in [-0.25, -0.2) is 0 Å². The van der Waals surface area contributed by atoms with Gasteiger partial charge in [0.2, 0.25) is 0 Å². The van der Waals surface area contributed by atoms with Crippen LogP contribution in [0.15, 0.2) is 23.6 Å². The number of rotatable bonds is 5. The van der Waals surface area contributed by atoms with Crippen molar-refractivity contribution < 1.29 is 0 Å². The number of hydrogen-bond donors (Lipinski definition) is 1. The highest BCUT2D eigenvalue weighted by Crippen LogP contribution is 2.14. The summed E-state index contributed by atoms with van der Waals surface area (Å²) in [6, 6.07) is 6.32. The molecule has 0 unspecified atom stereocenters. The van der Waals surface area contributed by atoms with Gasteiger partial charge in [-0.15, -0.1) is 23.7 Å². The zero-order valence-electron chi connectivity index (χ0n) is 11.0. The van der Waals surface area contributed by atoms with Gasteiger partial charge >= 0.3 is 0 Å². The number of aryl methyl sites for hydroxylation is 1. The van der Waals surface area contributed by atoms with Gasteiger partial charge in [0.15, 0.2) is 0 Å². The molecule has 0 bridgehead atoms. The van der Waals surface area contributed by atoms with Gasteiger partial charge in [-0.3, -0.25) is 4.68 Å². The van der Waals surface area contributed by atoms with Crippen LogP contribution < -0.4 is 5.32 Å². The van der Waals surface area contributed by atoms with E-state index in [1.165, 1.54) is 10.6 Å². The van der Waals surface area contributed by atoms with E-state index in [9.17, 15) is 0 Å². The lowest BCUT2D eigenvalue weighted by Crippen LogP contribution is -2.08. The van der Waals surface area contributed by atoms with E-state index < -0.39 is 0 Å². The van der Waals surface area contributed by atoms with Gasteiger partial charge in [0.1, 0.15) is 5.82 Å². The van der Waals surface area contributed by atoms with Crippen molar-refractivity contribution in [3.8, 4) is 0 Å². The Balaban J connectivity index is 0.00000162. The van der Waals surface area contributed by atoms with E-state index in [0.29, 0.717) is 5.92 Å². The Morgan fingerprint density at radius 1 is 1.44 bits per heavy atom. The molecule has 18 heavy (non-hydrogen) atoms. The van der Waals surface area contributed by atoms with Crippen LogP contribution in [0.1, 0.15) is 24.4 Å². The fourth-order valence-corrected chi connectivity index (χ4v) is 2.36. The standard InChI is InChI=1S/C13H19N3S.ClH/c1-10(2)9-16-11(3)7-13(15-16)14-8-12-5-4-6-17-12;/h4-7,10H,8-9H2,1-3H3,(H,14,15);1H. The van der Waals surface area contributed by atoms with Crippen molar-refractivity contribution in [3.05, 3.63) is 34.2 Å². The van der Waals surface area contributed by atoms with Crippen molar-refractivity contribution in [1.29, 1.82) is 0 Å². The number of thiophene rings is 1. The van der Waals surface area contributed by atoms with Crippen LogP contribution in [0.25, 0.3) is 0 Å². The fourth-order valence-electron chi connectivity index (χ4n) is 1.72. The number of nitrogens with one attached hydrogen (secondary N) is 1. The predicted molar refractivity (Wildman–Crippen MR) is 80.7 cm³/mol. The maximum absolute atomic E-state index is 4.56. The van der Waals surface area contributed by atoms with Gasteiger partial charge in [0, 0.05) is 23.2 Å². The summed E-state index contributed by atoms with van der Waals surface area (Å²) in [5.74, 6) is 1.59. The highest BCUT2D eigenvalue weighted by Gasteiger charge is 2.05. The quantitative estimate of drug-likeness (QED) is 0.902. The van der Waals surface area contributed by atoms with E-state index in [1.54, 1.807) is 11.3 Å². The molecule has 0 saturated carbocycles. The summed E-state index contributed by atoms with van der Waals surface area (Å²) < 4.78 is 2.07. The smallest absolute Gasteiger partial charge is 0.148 e. The van der Waals surface area contributed by atoms with E-state index >= 15 is 0 Å². The Bertz CT molecular complexity index is 463. The average molecular weight is 286 g/mol. The van der Waals surface area contributed by atoms with E-state index in [0.717, 1.165) is 18.9 Å². The fraction of sp³-hybridized carbons (Fsp3) is 0.462. The molecule has 2 heterocycles. The van der Waals surface area contributed by atoms with Crippen molar-refractivity contribution in [2.75, 3.05) is 5.32 Å². The number of anilines is 1. The summed E-state index contributed by atoms with van der Waals surface area (Å²) in [5, 5.41) is 10.0. The Morgan fingerprint density at radius 2 is 2.22 bits per heavy atom. The van der Waals surface area contributed by atoms with E-state index in [1.807, 2.05) is 0 Å². The minimum atomic E-state index is 0. The van der Waals surface area contributed by atoms with Gasteiger partial charge in [-0.05, 0) is 24.3 Å². The minimum Gasteiger partial charge on any atom is -0.364 e. The third-order valence-electron chi connectivity index (χ3n) is 2.54. The highest BCUT2D eigenvalue weighted by atomic mass is 35.5. The molecule has 100 valence electrons. The first-order chi connectivity index (χ1) is 8.15. The molecule has 2 rings (SSSR count). The molecule has 0 amide bonds. The zero-order chi connectivity index (χ0) is 12.3. The molecule has 0 spiro atoms. The molecule has 0 aliphatic rings. The summed E-state index contributed by atoms with van der Waals surface area (Å²) in [7, 11) is 0. The van der Waals surface area contributed by atoms with E-state index in [2.05, 4.69) is 59.4 Å². The molecule has 0 radical (unpaired) electrons. The Labute approximate surface area is 119 Å². The first kappa shape index (κ1) is 15.1. The molecular formula is C13H20ClN3S. The first-order valence-corrected chi connectivity index (χ1v) is 6.84. The summed E-state index contributed by atoms with van der Waals surface area (Å²) in [6.07, 6.45) is 0. The zero-order valence-corrected chi connectivity index (χ0v) is 12.6. The lowest BCUT2D eigenvalue weighted by molar-refractivity contribution is 0.475. The molecule has 0 aromatic carbocycles. The maximum Gasteiger partial charge on any atom is 0.148 e. The third-order valence-corrected chi connectivity index (χ3v) is 3.42. The lowest BCUT2D eigenvalue weighted by atomic mass is 10.2. The summed E-state index contributed by atoms with van der Waals surface area (Å²) in [5.41, 5.74) is 1.22. The van der Waals surface area contributed by atoms with Crippen molar-refractivity contribution in [3.63, 3.8) is 0 Å². The molecule has 5 heteroatoms. The molecule has 0 saturated heterocycles. The van der Waals surface area contributed by atoms with Crippen LogP contribution in [0.3, 0.4) is 0 Å². The molecule has 0 aliphatic carbocycles. The third kappa shape index (κ3) is 4.03. The van der Waals surface area contributed by atoms with Crippen LogP contribution in [-0.2, 0) is 13.1 Å². The van der Waals surface area contributed by atoms with Gasteiger partial charge in [0.25, 0.3) is 0 Å². The highest BCUT2D eigenvalue weighted by molar-refractivity contribution is 7.09. The molecular weight excluding hydrogens is 266 g/mol. The van der Waals surface area contributed by atoms with Gasteiger partial charge in [-0.1, -0.05) is 19.9 Å². The topological polar surface area (TPSA) is 29.9 Å². The maximum atomic E-state index is 4.56. The Morgan fingerprint density at radius 3 is 2.83 bits per heavy atom. The van der Waals surface area contributed by atoms with Crippen LogP contribution in [0.5, 0.6) is 0 Å². The lowest BCUT2D eigenvalue weighted by Gasteiger charge is -2.06. The predicted octanol–water partition coefficient (Wildman–Crippen LogP) is 3.94. The summed E-state index contributed by atoms with van der Waals surface area (Å²) >= 11 is 1.77. The van der Waals surface area contributed by atoms with E-state index in [-0.39, 0.29) is 12.4 Å². The summed E-state index contributed by atoms with van der Waals surface area (Å²) in [6.45, 7) is 8.35. The van der Waals surface area contributed by atoms with Crippen molar-refractivity contribution >= 4 is 29.6 Å². The van der Waals surface area contributed by atoms with Crippen molar-refractivity contribution in [1.82, 2.24) is 9.78 Å². The van der Waals surface area contributed by atoms with Crippen LogP contribution in [0, 0.1) is 12.8 Å². The van der Waals surface area contributed by atoms with Gasteiger partial charge in [-0.2, -0.15) is 5.10 Å². The number of nitrogens with zero attached hydrogens (tertiary/aromatic N) is 2. The number of halogens is 1. The second kappa shape index (κ2) is 6.81. The molecule has 3 nitrogen and oxygen atoms in total. The Kier molecular flexibility index (Phi) is 5.69. The van der Waals surface area contributed by atoms with Crippen LogP contribution in [0.4, 0.5) is 5.82 Å². The van der Waals surface area contributed by atoms with Gasteiger partial charge in [0.05, 0.1) is 6.54 Å². The normalized spacial score (nSPS) is 10.4. The van der Waals surface area contributed by atoms with Gasteiger partial charge < -0.3 is 5.32 Å². The van der Waals surface area contributed by atoms with Crippen molar-refractivity contribution in [2.45, 2.75) is 33.9 Å². The monoisotopic (exact) mass is 285 g/mol. The Hall–Kier alpha value is -1.00. The number of aromatic nitrogens is 2. The second-order valence-electron chi connectivity index (χ2n) is 4.68. The SMILES string of the molecule is Cc1cc(NCc2cccs2)nn1CC(C)C.Cl. The minimum absolute atomic E-state index is 0. The molecule has 0 fully saturated rings. The molecule has 2 aromatic heterocycles. The molecule has 0 aliphatic heterocycles. The van der Waals surface area contributed by atoms with Crippen molar-refractivity contribution in [2.24, 2.45) is 5.92 Å². The van der Waals surface area contributed by atoms with E-state index in [4.69, 9.17) is 0 Å².